The second kappa shape index (κ2) is 5.85. The first-order valence-electron chi connectivity index (χ1n) is 7.88. The zero-order valence-corrected chi connectivity index (χ0v) is 12.9. The Morgan fingerprint density at radius 1 is 0.792 bits per heavy atom. The van der Waals surface area contributed by atoms with E-state index in [-0.39, 0.29) is 11.5 Å². The molecule has 3 heteroatoms. The molecule has 4 rings (SSSR count). The van der Waals surface area contributed by atoms with Gasteiger partial charge < -0.3 is 9.84 Å². The van der Waals surface area contributed by atoms with E-state index >= 15 is 0 Å². The molecule has 3 aromatic rings. The predicted molar refractivity (Wildman–Crippen MR) is 91.4 cm³/mol. The molecule has 1 heterocycles. The average Bonchev–Trinajstić information content (AvgIpc) is 2.63. The highest BCUT2D eigenvalue weighted by molar-refractivity contribution is 6.04. The average molecular weight is 316 g/mol. The monoisotopic (exact) mass is 316 g/mol. The van der Waals surface area contributed by atoms with Crippen LogP contribution in [0.3, 0.4) is 0 Å². The van der Waals surface area contributed by atoms with Gasteiger partial charge >= 0.3 is 0 Å². The molecule has 1 N–H and O–H groups in total. The number of carbonyl (C=O) groups excluding carboxylic acids is 1. The van der Waals surface area contributed by atoms with Crippen LogP contribution >= 0.6 is 0 Å². The van der Waals surface area contributed by atoms with Gasteiger partial charge in [-0.1, -0.05) is 60.7 Å². The van der Waals surface area contributed by atoms with Gasteiger partial charge in [0.1, 0.15) is 17.6 Å². The number of hydrogen-bond acceptors (Lipinski definition) is 3. The summed E-state index contributed by atoms with van der Waals surface area (Å²) in [6, 6.07) is 24.1. The van der Waals surface area contributed by atoms with E-state index in [2.05, 4.69) is 0 Å². The third-order valence-electron chi connectivity index (χ3n) is 4.36. The van der Waals surface area contributed by atoms with E-state index in [1.807, 2.05) is 60.7 Å². The Labute approximate surface area is 140 Å². The number of Topliss-reactive ketones (excluding diaryl/α,β-unsaturated/α-hetero) is 1. The molecule has 0 bridgehead atoms. The normalized spacial score (nSPS) is 19.4. The number of rotatable bonds is 2. The van der Waals surface area contributed by atoms with E-state index in [1.54, 1.807) is 6.07 Å². The van der Waals surface area contributed by atoms with Crippen LogP contribution < -0.4 is 4.74 Å². The van der Waals surface area contributed by atoms with Crippen LogP contribution in [-0.4, -0.2) is 10.9 Å². The van der Waals surface area contributed by atoms with E-state index < -0.39 is 12.0 Å². The first-order chi connectivity index (χ1) is 11.7. The SMILES string of the molecule is O=C1c2ccc(O)cc2O[C@@H](c2ccccc2)[C@@H]1c1ccccc1. The van der Waals surface area contributed by atoms with Crippen LogP contribution in [0.1, 0.15) is 33.5 Å². The van der Waals surface area contributed by atoms with Crippen LogP contribution in [0.4, 0.5) is 0 Å². The second-order valence-electron chi connectivity index (χ2n) is 5.88. The maximum absolute atomic E-state index is 13.2. The summed E-state index contributed by atoms with van der Waals surface area (Å²) in [5.74, 6) is 0.120. The number of benzene rings is 3. The highest BCUT2D eigenvalue weighted by Gasteiger charge is 2.39. The molecule has 3 aromatic carbocycles. The van der Waals surface area contributed by atoms with Crippen molar-refractivity contribution in [3.63, 3.8) is 0 Å². The fraction of sp³-hybridized carbons (Fsp3) is 0.0952. The van der Waals surface area contributed by atoms with Crippen molar-refractivity contribution in [2.75, 3.05) is 0 Å². The second-order valence-corrected chi connectivity index (χ2v) is 5.88. The fourth-order valence-electron chi connectivity index (χ4n) is 3.21. The Kier molecular flexibility index (Phi) is 3.54. The fourth-order valence-corrected chi connectivity index (χ4v) is 3.21. The van der Waals surface area contributed by atoms with Crippen molar-refractivity contribution in [3.8, 4) is 11.5 Å². The Morgan fingerprint density at radius 3 is 2.08 bits per heavy atom. The van der Waals surface area contributed by atoms with Gasteiger partial charge in [-0.3, -0.25) is 4.79 Å². The van der Waals surface area contributed by atoms with E-state index in [0.717, 1.165) is 11.1 Å². The van der Waals surface area contributed by atoms with Crippen LogP contribution in [-0.2, 0) is 0 Å². The molecule has 0 radical (unpaired) electrons. The molecule has 1 aliphatic rings. The third kappa shape index (κ3) is 2.44. The van der Waals surface area contributed by atoms with Crippen molar-refractivity contribution in [2.45, 2.75) is 12.0 Å². The minimum atomic E-state index is -0.421. The molecule has 1 aliphatic heterocycles. The molecule has 3 nitrogen and oxygen atoms in total. The molecular weight excluding hydrogens is 300 g/mol. The number of ketones is 1. The van der Waals surface area contributed by atoms with Gasteiger partial charge in [0.05, 0.1) is 11.5 Å². The number of carbonyl (C=O) groups is 1. The van der Waals surface area contributed by atoms with Gasteiger partial charge in [0.15, 0.2) is 5.78 Å². The van der Waals surface area contributed by atoms with E-state index in [1.165, 1.54) is 12.1 Å². The van der Waals surface area contributed by atoms with Crippen LogP contribution in [0.25, 0.3) is 0 Å². The van der Waals surface area contributed by atoms with E-state index in [9.17, 15) is 9.90 Å². The lowest BCUT2D eigenvalue weighted by atomic mass is 9.81. The maximum atomic E-state index is 13.2. The molecule has 0 amide bonds. The van der Waals surface area contributed by atoms with Crippen molar-refractivity contribution in [1.82, 2.24) is 0 Å². The third-order valence-corrected chi connectivity index (χ3v) is 4.36. The van der Waals surface area contributed by atoms with Gasteiger partial charge in [-0.25, -0.2) is 0 Å². The van der Waals surface area contributed by atoms with Gasteiger partial charge in [0, 0.05) is 6.07 Å². The largest absolute Gasteiger partial charge is 0.508 e. The van der Waals surface area contributed by atoms with Crippen LogP contribution in [0.5, 0.6) is 11.5 Å². The van der Waals surface area contributed by atoms with Crippen molar-refractivity contribution < 1.29 is 14.6 Å². The van der Waals surface area contributed by atoms with Crippen molar-refractivity contribution in [1.29, 1.82) is 0 Å². The smallest absolute Gasteiger partial charge is 0.178 e. The van der Waals surface area contributed by atoms with Crippen LogP contribution in [0.15, 0.2) is 78.9 Å². The number of fused-ring (bicyclic) bond motifs is 1. The molecule has 0 saturated carbocycles. The van der Waals surface area contributed by atoms with Crippen LogP contribution in [0, 0.1) is 0 Å². The summed E-state index contributed by atoms with van der Waals surface area (Å²) in [6.45, 7) is 0. The molecule has 0 fully saturated rings. The van der Waals surface area contributed by atoms with Crippen molar-refractivity contribution in [2.24, 2.45) is 0 Å². The number of ether oxygens (including phenoxy) is 1. The molecule has 0 aliphatic carbocycles. The molecule has 2 atom stereocenters. The molecule has 0 spiro atoms. The van der Waals surface area contributed by atoms with E-state index in [4.69, 9.17) is 4.74 Å². The predicted octanol–water partition coefficient (Wildman–Crippen LogP) is 4.49. The molecule has 118 valence electrons. The topological polar surface area (TPSA) is 46.5 Å². The lowest BCUT2D eigenvalue weighted by Gasteiger charge is -2.33. The first-order valence-corrected chi connectivity index (χ1v) is 7.88. The minimum absolute atomic E-state index is 0.0105. The lowest BCUT2D eigenvalue weighted by molar-refractivity contribution is 0.0781. The minimum Gasteiger partial charge on any atom is -0.508 e. The Balaban J connectivity index is 1.87. The standard InChI is InChI=1S/C21H16O3/c22-16-11-12-17-18(13-16)24-21(15-9-5-2-6-10-15)19(20(17)23)14-7-3-1-4-8-14/h1-13,19,21-22H/t19-,21+/m1/s1. The Hall–Kier alpha value is -3.07. The first kappa shape index (κ1) is 14.5. The summed E-state index contributed by atoms with van der Waals surface area (Å²) in [5.41, 5.74) is 2.37. The quantitative estimate of drug-likeness (QED) is 0.757. The van der Waals surface area contributed by atoms with E-state index in [0.29, 0.717) is 11.3 Å². The maximum Gasteiger partial charge on any atom is 0.178 e. The highest BCUT2D eigenvalue weighted by atomic mass is 16.5. The highest BCUT2D eigenvalue weighted by Crippen LogP contribution is 2.44. The van der Waals surface area contributed by atoms with Gasteiger partial charge in [0.2, 0.25) is 0 Å². The zero-order valence-electron chi connectivity index (χ0n) is 12.9. The summed E-state index contributed by atoms with van der Waals surface area (Å²) in [4.78, 5) is 13.2. The van der Waals surface area contributed by atoms with Gasteiger partial charge in [0.25, 0.3) is 0 Å². The summed E-state index contributed by atoms with van der Waals surface area (Å²) >= 11 is 0. The number of aromatic hydroxyl groups is 1. The Bertz CT molecular complexity index is 872. The molecule has 24 heavy (non-hydrogen) atoms. The van der Waals surface area contributed by atoms with Gasteiger partial charge in [-0.2, -0.15) is 0 Å². The molecule has 0 aromatic heterocycles. The molecule has 0 saturated heterocycles. The van der Waals surface area contributed by atoms with Gasteiger partial charge in [-0.05, 0) is 23.3 Å². The zero-order chi connectivity index (χ0) is 16.5. The molecule has 0 unspecified atom stereocenters. The van der Waals surface area contributed by atoms with Crippen molar-refractivity contribution >= 4 is 5.78 Å². The summed E-state index contributed by atoms with van der Waals surface area (Å²) in [7, 11) is 0. The summed E-state index contributed by atoms with van der Waals surface area (Å²) in [6.07, 6.45) is -0.421. The summed E-state index contributed by atoms with van der Waals surface area (Å²) < 4.78 is 6.16. The van der Waals surface area contributed by atoms with Crippen molar-refractivity contribution in [3.05, 3.63) is 95.6 Å². The number of hydrogen-bond donors (Lipinski definition) is 1. The molecular formula is C21H16O3. The number of phenolic OH excluding ortho intramolecular Hbond substituents is 1. The Morgan fingerprint density at radius 2 is 1.42 bits per heavy atom. The number of phenols is 1. The van der Waals surface area contributed by atoms with Gasteiger partial charge in [-0.15, -0.1) is 0 Å². The summed E-state index contributed by atoms with van der Waals surface area (Å²) in [5, 5.41) is 9.72. The lowest BCUT2D eigenvalue weighted by Crippen LogP contribution is -2.30. The van der Waals surface area contributed by atoms with Crippen LogP contribution in [0.2, 0.25) is 0 Å².